The van der Waals surface area contributed by atoms with Crippen molar-refractivity contribution < 1.29 is 19.7 Å². The molecule has 0 bridgehead atoms. The Morgan fingerprint density at radius 1 is 1.55 bits per heavy atom. The van der Waals surface area contributed by atoms with Gasteiger partial charge in [0.1, 0.15) is 0 Å². The van der Waals surface area contributed by atoms with Crippen LogP contribution in [-0.2, 0) is 9.53 Å². The van der Waals surface area contributed by atoms with Crippen molar-refractivity contribution >= 4 is 5.97 Å². The maximum atomic E-state index is 10.9. The summed E-state index contributed by atoms with van der Waals surface area (Å²) in [5.41, 5.74) is -1.71. The molecule has 0 saturated carbocycles. The quantitative estimate of drug-likeness (QED) is 0.556. The van der Waals surface area contributed by atoms with Gasteiger partial charge in [-0.15, -0.1) is 0 Å². The highest BCUT2D eigenvalue weighted by Gasteiger charge is 2.34. The molecule has 0 aliphatic carbocycles. The Hall–Kier alpha value is -0.610. The molecule has 0 amide bonds. The van der Waals surface area contributed by atoms with Crippen molar-refractivity contribution in [2.45, 2.75) is 25.9 Å². The number of esters is 1. The molecule has 0 aliphatic rings. The predicted molar refractivity (Wildman–Crippen MR) is 39.0 cm³/mol. The van der Waals surface area contributed by atoms with Crippen LogP contribution < -0.4 is 0 Å². The van der Waals surface area contributed by atoms with Gasteiger partial charge in [-0.05, 0) is 13.3 Å². The number of hydrogen-bond acceptors (Lipinski definition) is 4. The van der Waals surface area contributed by atoms with E-state index in [0.29, 0.717) is 0 Å². The van der Waals surface area contributed by atoms with Crippen molar-refractivity contribution in [3.63, 3.8) is 0 Å². The molecule has 66 valence electrons. The van der Waals surface area contributed by atoms with Gasteiger partial charge in [-0.3, -0.25) is 0 Å². The number of rotatable bonds is 4. The first kappa shape index (κ1) is 10.4. The van der Waals surface area contributed by atoms with Crippen LogP contribution in [0.15, 0.2) is 0 Å². The van der Waals surface area contributed by atoms with E-state index in [-0.39, 0.29) is 13.0 Å². The minimum atomic E-state index is -1.71. The number of aliphatic hydroxyl groups is 2. The van der Waals surface area contributed by atoms with Gasteiger partial charge in [0.15, 0.2) is 5.60 Å². The molecule has 0 saturated heterocycles. The first-order valence-electron chi connectivity index (χ1n) is 3.61. The largest absolute Gasteiger partial charge is 0.464 e. The van der Waals surface area contributed by atoms with Crippen LogP contribution in [0.2, 0.25) is 0 Å². The van der Waals surface area contributed by atoms with E-state index in [1.165, 1.54) is 0 Å². The molecule has 0 radical (unpaired) electrons. The van der Waals surface area contributed by atoms with Crippen molar-refractivity contribution in [2.75, 3.05) is 13.2 Å². The van der Waals surface area contributed by atoms with Gasteiger partial charge in [-0.2, -0.15) is 0 Å². The molecular weight excluding hydrogens is 148 g/mol. The Balaban J connectivity index is 4.12. The molecule has 0 aliphatic heterocycles. The summed E-state index contributed by atoms with van der Waals surface area (Å²) in [6.45, 7) is 2.86. The molecule has 0 spiro atoms. The maximum Gasteiger partial charge on any atom is 0.340 e. The van der Waals surface area contributed by atoms with Gasteiger partial charge in [0, 0.05) is 0 Å². The van der Waals surface area contributed by atoms with E-state index in [0.717, 1.165) is 0 Å². The van der Waals surface area contributed by atoms with Crippen molar-refractivity contribution in [1.29, 1.82) is 0 Å². The number of carbonyl (C=O) groups is 1. The summed E-state index contributed by atoms with van der Waals surface area (Å²) in [5, 5.41) is 17.9. The molecule has 1 atom stereocenters. The monoisotopic (exact) mass is 162 g/mol. The van der Waals surface area contributed by atoms with E-state index in [1.807, 2.05) is 0 Å². The summed E-state index contributed by atoms with van der Waals surface area (Å²) < 4.78 is 4.54. The molecule has 0 aromatic rings. The zero-order valence-electron chi connectivity index (χ0n) is 6.83. The van der Waals surface area contributed by atoms with Crippen LogP contribution in [-0.4, -0.2) is 35.0 Å². The molecule has 0 rings (SSSR count). The third kappa shape index (κ3) is 2.48. The van der Waals surface area contributed by atoms with E-state index < -0.39 is 18.2 Å². The lowest BCUT2D eigenvalue weighted by Gasteiger charge is -2.20. The van der Waals surface area contributed by atoms with Crippen LogP contribution in [0.5, 0.6) is 0 Å². The second kappa shape index (κ2) is 4.31. The second-order valence-corrected chi connectivity index (χ2v) is 2.26. The Kier molecular flexibility index (Phi) is 4.07. The first-order valence-corrected chi connectivity index (χ1v) is 3.61. The van der Waals surface area contributed by atoms with Crippen molar-refractivity contribution in [2.24, 2.45) is 0 Å². The molecule has 0 heterocycles. The van der Waals surface area contributed by atoms with Crippen LogP contribution in [0, 0.1) is 0 Å². The summed E-state index contributed by atoms with van der Waals surface area (Å²) >= 11 is 0. The predicted octanol–water partition coefficient (Wildman–Crippen LogP) is -0.317. The zero-order valence-corrected chi connectivity index (χ0v) is 6.83. The first-order chi connectivity index (χ1) is 5.10. The third-order valence-electron chi connectivity index (χ3n) is 1.50. The van der Waals surface area contributed by atoms with Crippen LogP contribution in [0.1, 0.15) is 20.3 Å². The molecule has 11 heavy (non-hydrogen) atoms. The number of hydrogen-bond donors (Lipinski definition) is 2. The average Bonchev–Trinajstić information content (AvgIpc) is 2.03. The highest BCUT2D eigenvalue weighted by atomic mass is 16.6. The summed E-state index contributed by atoms with van der Waals surface area (Å²) in [6.07, 6.45) is 0.155. The van der Waals surface area contributed by atoms with Crippen LogP contribution >= 0.6 is 0 Å². The van der Waals surface area contributed by atoms with Crippen molar-refractivity contribution in [3.05, 3.63) is 0 Å². The SMILES string of the molecule is CCOC(=O)C(O)(CC)CO. The fourth-order valence-electron chi connectivity index (χ4n) is 0.586. The minimum Gasteiger partial charge on any atom is -0.464 e. The van der Waals surface area contributed by atoms with Gasteiger partial charge >= 0.3 is 5.97 Å². The van der Waals surface area contributed by atoms with Crippen LogP contribution in [0.3, 0.4) is 0 Å². The number of aliphatic hydroxyl groups excluding tert-OH is 1. The summed E-state index contributed by atoms with van der Waals surface area (Å²) in [4.78, 5) is 10.9. The normalized spacial score (nSPS) is 15.6. The van der Waals surface area contributed by atoms with Gasteiger partial charge in [-0.25, -0.2) is 4.79 Å². The van der Waals surface area contributed by atoms with Crippen LogP contribution in [0.4, 0.5) is 0 Å². The molecule has 2 N–H and O–H groups in total. The fraction of sp³-hybridized carbons (Fsp3) is 0.857. The number of ether oxygens (including phenoxy) is 1. The molecule has 4 heteroatoms. The van der Waals surface area contributed by atoms with E-state index in [4.69, 9.17) is 5.11 Å². The summed E-state index contributed by atoms with van der Waals surface area (Å²) in [5.74, 6) is -0.759. The molecule has 0 aromatic carbocycles. The zero-order chi connectivity index (χ0) is 8.91. The lowest BCUT2D eigenvalue weighted by atomic mass is 10.0. The Bertz CT molecular complexity index is 128. The maximum absolute atomic E-state index is 10.9. The van der Waals surface area contributed by atoms with Gasteiger partial charge in [0.05, 0.1) is 13.2 Å². The summed E-state index contributed by atoms with van der Waals surface area (Å²) in [7, 11) is 0. The third-order valence-corrected chi connectivity index (χ3v) is 1.50. The second-order valence-electron chi connectivity index (χ2n) is 2.26. The average molecular weight is 162 g/mol. The molecular formula is C7H14O4. The lowest BCUT2D eigenvalue weighted by Crippen LogP contribution is -2.43. The van der Waals surface area contributed by atoms with E-state index in [9.17, 15) is 9.90 Å². The van der Waals surface area contributed by atoms with Gasteiger partial charge in [0.25, 0.3) is 0 Å². The summed E-state index contributed by atoms with van der Waals surface area (Å²) in [6, 6.07) is 0. The van der Waals surface area contributed by atoms with Gasteiger partial charge in [-0.1, -0.05) is 6.92 Å². The van der Waals surface area contributed by atoms with Gasteiger partial charge < -0.3 is 14.9 Å². The topological polar surface area (TPSA) is 66.8 Å². The minimum absolute atomic E-state index is 0.155. The van der Waals surface area contributed by atoms with Crippen LogP contribution in [0.25, 0.3) is 0 Å². The number of carbonyl (C=O) groups excluding carboxylic acids is 1. The van der Waals surface area contributed by atoms with Gasteiger partial charge in [0.2, 0.25) is 0 Å². The molecule has 1 unspecified atom stereocenters. The Morgan fingerprint density at radius 2 is 2.09 bits per heavy atom. The Morgan fingerprint density at radius 3 is 2.36 bits per heavy atom. The van der Waals surface area contributed by atoms with E-state index in [1.54, 1.807) is 13.8 Å². The van der Waals surface area contributed by atoms with Crippen molar-refractivity contribution in [3.8, 4) is 0 Å². The Labute approximate surface area is 65.8 Å². The lowest BCUT2D eigenvalue weighted by molar-refractivity contribution is -0.169. The standard InChI is InChI=1S/C7H14O4/c1-3-7(10,5-8)6(9)11-4-2/h8,10H,3-5H2,1-2H3. The smallest absolute Gasteiger partial charge is 0.340 e. The fourth-order valence-corrected chi connectivity index (χ4v) is 0.586. The van der Waals surface area contributed by atoms with E-state index in [2.05, 4.69) is 4.74 Å². The molecule has 4 nitrogen and oxygen atoms in total. The molecule has 0 aromatic heterocycles. The molecule has 0 fully saturated rings. The van der Waals surface area contributed by atoms with E-state index >= 15 is 0 Å². The highest BCUT2D eigenvalue weighted by molar-refractivity contribution is 5.79. The highest BCUT2D eigenvalue weighted by Crippen LogP contribution is 2.10. The van der Waals surface area contributed by atoms with Crippen molar-refractivity contribution in [1.82, 2.24) is 0 Å².